The molecule has 0 saturated heterocycles. The molecule has 8 rings (SSSR count). The zero-order valence-electron chi connectivity index (χ0n) is 26.3. The van der Waals surface area contributed by atoms with Gasteiger partial charge in [-0.1, -0.05) is 170 Å². The van der Waals surface area contributed by atoms with Crippen LogP contribution in [0.4, 0.5) is 0 Å². The second kappa shape index (κ2) is 12.8. The summed E-state index contributed by atoms with van der Waals surface area (Å²) in [6, 6.07) is 20.1. The predicted molar refractivity (Wildman–Crippen MR) is 195 cm³/mol. The Hall–Kier alpha value is -4.94. The number of benzene rings is 2. The Balaban J connectivity index is 1.27. The molecule has 0 nitrogen and oxygen atoms in total. The maximum Gasteiger partial charge on any atom is 0.0128 e. The quantitative estimate of drug-likeness (QED) is 0.332. The van der Waals surface area contributed by atoms with Crippen LogP contribution in [0.25, 0.3) is 11.1 Å². The van der Waals surface area contributed by atoms with Crippen molar-refractivity contribution in [3.8, 4) is 0 Å². The molecular formula is C46H40. The highest BCUT2D eigenvalue weighted by atomic mass is 14.4. The molecule has 0 heterocycles. The summed E-state index contributed by atoms with van der Waals surface area (Å²) in [7, 11) is 0. The molecule has 224 valence electrons. The number of allylic oxidation sites excluding steroid dienone is 24. The first-order chi connectivity index (χ1) is 22.8. The zero-order valence-corrected chi connectivity index (χ0v) is 26.3. The molecule has 6 aliphatic carbocycles. The summed E-state index contributed by atoms with van der Waals surface area (Å²) in [6.07, 6.45) is 48.6. The lowest BCUT2D eigenvalue weighted by Crippen LogP contribution is -2.36. The van der Waals surface area contributed by atoms with E-state index in [4.69, 9.17) is 0 Å². The van der Waals surface area contributed by atoms with Gasteiger partial charge in [-0.2, -0.15) is 0 Å². The van der Waals surface area contributed by atoms with Gasteiger partial charge in [0.2, 0.25) is 0 Å². The molecule has 4 unspecified atom stereocenters. The van der Waals surface area contributed by atoms with Gasteiger partial charge in [-0.3, -0.25) is 0 Å². The summed E-state index contributed by atoms with van der Waals surface area (Å²) < 4.78 is 0. The molecule has 0 aromatic heterocycles. The van der Waals surface area contributed by atoms with Crippen molar-refractivity contribution in [1.82, 2.24) is 0 Å². The molecule has 2 aromatic carbocycles. The molecule has 0 amide bonds. The SMILES string of the molecule is C1=CC2=c3ccccc3=C(\C3=C/C=C\C=C/C=C(\C4=CC(C5=CCCC=C5)=CC(c5ccccc5)C4)C4C=CC=CC34)CC2C=C1. The smallest absolute Gasteiger partial charge is 0.0128 e. The average molecular weight is 593 g/mol. The van der Waals surface area contributed by atoms with E-state index in [1.807, 2.05) is 0 Å². The molecule has 0 heteroatoms. The molecule has 46 heavy (non-hydrogen) atoms. The number of fused-ring (bicyclic) bond motifs is 3. The van der Waals surface area contributed by atoms with E-state index in [0.29, 0.717) is 11.8 Å². The maximum atomic E-state index is 2.51. The Labute approximate surface area is 273 Å². The standard InChI is InChI=1S/C46H40/c1-2-10-24-45(46-32-35-21-11-12-23-39(35)41-25-14-16-28-44(41)46)43-27-15-13-26-42(43)40(22-9-1)38-30-36(33-17-5-3-6-18-33)29-37(31-38)34-19-7-4-8-20-34/h1-3,5-7,9-29,31,35-36,42-43H,4,8,30,32H2/b9-1-,10-2-,40-22+,45-24-. The monoisotopic (exact) mass is 592 g/mol. The molecular weight excluding hydrogens is 553 g/mol. The van der Waals surface area contributed by atoms with Crippen molar-refractivity contribution in [2.24, 2.45) is 17.8 Å². The van der Waals surface area contributed by atoms with Crippen molar-refractivity contribution >= 4 is 11.1 Å². The minimum Gasteiger partial charge on any atom is -0.0836 e. The van der Waals surface area contributed by atoms with Crippen LogP contribution in [0.2, 0.25) is 0 Å². The number of hydrogen-bond donors (Lipinski definition) is 0. The van der Waals surface area contributed by atoms with Crippen molar-refractivity contribution < 1.29 is 0 Å². The Morgan fingerprint density at radius 1 is 0.543 bits per heavy atom. The predicted octanol–water partition coefficient (Wildman–Crippen LogP) is 9.79. The van der Waals surface area contributed by atoms with E-state index in [2.05, 4.69) is 170 Å². The van der Waals surface area contributed by atoms with Gasteiger partial charge in [0, 0.05) is 23.7 Å². The van der Waals surface area contributed by atoms with Crippen LogP contribution in [-0.4, -0.2) is 0 Å². The van der Waals surface area contributed by atoms with Crippen LogP contribution in [0.1, 0.15) is 37.2 Å². The normalized spacial score (nSPS) is 30.0. The van der Waals surface area contributed by atoms with Gasteiger partial charge in [-0.15, -0.1) is 0 Å². The Morgan fingerprint density at radius 3 is 2.09 bits per heavy atom. The van der Waals surface area contributed by atoms with E-state index in [1.54, 1.807) is 0 Å². The van der Waals surface area contributed by atoms with Gasteiger partial charge in [0.25, 0.3) is 0 Å². The molecule has 2 aromatic rings. The molecule has 0 bridgehead atoms. The van der Waals surface area contributed by atoms with Crippen LogP contribution in [0.3, 0.4) is 0 Å². The molecule has 0 spiro atoms. The molecule has 0 N–H and O–H groups in total. The Kier molecular flexibility index (Phi) is 7.95. The van der Waals surface area contributed by atoms with Gasteiger partial charge in [0.1, 0.15) is 0 Å². The van der Waals surface area contributed by atoms with Gasteiger partial charge in [0.05, 0.1) is 0 Å². The van der Waals surface area contributed by atoms with Gasteiger partial charge < -0.3 is 0 Å². The fourth-order valence-electron chi connectivity index (χ4n) is 8.08. The summed E-state index contributed by atoms with van der Waals surface area (Å²) in [5.41, 5.74) is 11.3. The molecule has 4 atom stereocenters. The third kappa shape index (κ3) is 5.54. The fourth-order valence-corrected chi connectivity index (χ4v) is 8.08. The lowest BCUT2D eigenvalue weighted by atomic mass is 9.69. The van der Waals surface area contributed by atoms with Gasteiger partial charge >= 0.3 is 0 Å². The van der Waals surface area contributed by atoms with Gasteiger partial charge in [-0.05, 0) is 80.7 Å². The summed E-state index contributed by atoms with van der Waals surface area (Å²) in [5.74, 6) is 1.21. The largest absolute Gasteiger partial charge is 0.0836 e. The maximum absolute atomic E-state index is 2.51. The van der Waals surface area contributed by atoms with E-state index in [9.17, 15) is 0 Å². The first-order valence-corrected chi connectivity index (χ1v) is 17.0. The van der Waals surface area contributed by atoms with Crippen molar-refractivity contribution in [2.45, 2.75) is 31.6 Å². The van der Waals surface area contributed by atoms with Crippen LogP contribution in [0.15, 0.2) is 198 Å². The molecule has 0 saturated carbocycles. The first-order valence-electron chi connectivity index (χ1n) is 17.0. The molecule has 0 aliphatic heterocycles. The molecule has 0 radical (unpaired) electrons. The van der Waals surface area contributed by atoms with Crippen LogP contribution in [-0.2, 0) is 0 Å². The second-order valence-corrected chi connectivity index (χ2v) is 13.0. The third-order valence-corrected chi connectivity index (χ3v) is 10.3. The summed E-state index contributed by atoms with van der Waals surface area (Å²) in [4.78, 5) is 0. The van der Waals surface area contributed by atoms with Crippen LogP contribution in [0.5, 0.6) is 0 Å². The molecule has 0 fully saturated rings. The van der Waals surface area contributed by atoms with E-state index in [-0.39, 0.29) is 11.8 Å². The number of rotatable bonds is 4. The minimum atomic E-state index is 0.233. The van der Waals surface area contributed by atoms with E-state index in [0.717, 1.165) is 25.7 Å². The third-order valence-electron chi connectivity index (χ3n) is 10.3. The lowest BCUT2D eigenvalue weighted by Gasteiger charge is -2.35. The summed E-state index contributed by atoms with van der Waals surface area (Å²) in [5, 5.41) is 2.76. The van der Waals surface area contributed by atoms with Crippen LogP contribution < -0.4 is 10.4 Å². The lowest BCUT2D eigenvalue weighted by molar-refractivity contribution is 0.604. The topological polar surface area (TPSA) is 0 Å². The highest BCUT2D eigenvalue weighted by Crippen LogP contribution is 2.45. The second-order valence-electron chi connectivity index (χ2n) is 13.0. The average Bonchev–Trinajstić information content (AvgIpc) is 3.13. The van der Waals surface area contributed by atoms with Gasteiger partial charge in [-0.25, -0.2) is 0 Å². The number of hydrogen-bond acceptors (Lipinski definition) is 0. The Morgan fingerprint density at radius 2 is 1.28 bits per heavy atom. The highest BCUT2D eigenvalue weighted by Gasteiger charge is 2.33. The molecule has 6 aliphatic rings. The van der Waals surface area contributed by atoms with Crippen LogP contribution in [0, 0.1) is 17.8 Å². The zero-order chi connectivity index (χ0) is 30.7. The highest BCUT2D eigenvalue weighted by molar-refractivity contribution is 5.77. The van der Waals surface area contributed by atoms with Crippen molar-refractivity contribution in [3.05, 3.63) is 214 Å². The van der Waals surface area contributed by atoms with Gasteiger partial charge in [0.15, 0.2) is 0 Å². The first kappa shape index (κ1) is 28.5. The van der Waals surface area contributed by atoms with Crippen molar-refractivity contribution in [2.75, 3.05) is 0 Å². The van der Waals surface area contributed by atoms with E-state index < -0.39 is 0 Å². The van der Waals surface area contributed by atoms with Crippen LogP contribution >= 0.6 is 0 Å². The summed E-state index contributed by atoms with van der Waals surface area (Å²) in [6.45, 7) is 0. The Bertz CT molecular complexity index is 2030. The fraction of sp³-hybridized carbons (Fsp3) is 0.174. The summed E-state index contributed by atoms with van der Waals surface area (Å²) >= 11 is 0. The van der Waals surface area contributed by atoms with E-state index in [1.165, 1.54) is 55.0 Å². The minimum absolute atomic E-state index is 0.233. The van der Waals surface area contributed by atoms with Crippen molar-refractivity contribution in [1.29, 1.82) is 0 Å². The van der Waals surface area contributed by atoms with E-state index >= 15 is 0 Å². The van der Waals surface area contributed by atoms with Crippen molar-refractivity contribution in [3.63, 3.8) is 0 Å².